The number of nitrogens with zero attached hydrogens (tertiary/aromatic N) is 4. The topological polar surface area (TPSA) is 95.1 Å². The third kappa shape index (κ3) is 5.74. The van der Waals surface area contributed by atoms with Crippen molar-refractivity contribution in [2.45, 2.75) is 19.3 Å². The van der Waals surface area contributed by atoms with Crippen LogP contribution in [0.5, 0.6) is 0 Å². The summed E-state index contributed by atoms with van der Waals surface area (Å²) in [7, 11) is 0. The molecule has 4 aromatic rings. The van der Waals surface area contributed by atoms with Crippen LogP contribution in [0, 0.1) is 11.3 Å². The lowest BCUT2D eigenvalue weighted by Gasteiger charge is -2.12. The molecular weight excluding hydrogens is 516 g/mol. The second kappa shape index (κ2) is 11.1. The number of nitriles is 1. The average Bonchev–Trinajstić information content (AvgIpc) is 3.22. The lowest BCUT2D eigenvalue weighted by Crippen LogP contribution is -2.26. The van der Waals surface area contributed by atoms with Crippen molar-refractivity contribution in [3.63, 3.8) is 0 Å². The fourth-order valence-corrected chi connectivity index (χ4v) is 4.09. The Hall–Kier alpha value is -3.41. The average molecular weight is 538 g/mol. The van der Waals surface area contributed by atoms with Crippen LogP contribution < -0.4 is 10.6 Å². The van der Waals surface area contributed by atoms with Gasteiger partial charge in [0.2, 0.25) is 5.91 Å². The molecule has 0 atom stereocenters. The molecule has 0 aliphatic rings. The summed E-state index contributed by atoms with van der Waals surface area (Å²) in [6.07, 6.45) is 3.72. The largest absolute Gasteiger partial charge is 0.370 e. The van der Waals surface area contributed by atoms with Crippen molar-refractivity contribution in [1.29, 1.82) is 5.26 Å². The minimum Gasteiger partial charge on any atom is -0.370 e. The van der Waals surface area contributed by atoms with Gasteiger partial charge in [0.05, 0.1) is 34.4 Å². The molecule has 34 heavy (non-hydrogen) atoms. The van der Waals surface area contributed by atoms with Gasteiger partial charge >= 0.3 is 0 Å². The number of amides is 1. The highest BCUT2D eigenvalue weighted by Gasteiger charge is 2.13. The number of hydrogen-bond acceptors (Lipinski definition) is 5. The van der Waals surface area contributed by atoms with Crippen molar-refractivity contribution in [1.82, 2.24) is 19.9 Å². The number of rotatable bonds is 9. The van der Waals surface area contributed by atoms with Gasteiger partial charge < -0.3 is 10.6 Å². The van der Waals surface area contributed by atoms with Crippen LogP contribution in [-0.4, -0.2) is 33.6 Å². The summed E-state index contributed by atoms with van der Waals surface area (Å²) in [5.74, 6) is 0.787. The molecule has 2 heterocycles. The SMILES string of the molecule is N#Cc1ccc(CC(=O)NCCCCNc2cc(-c3ccccc3Cl)nc3c(Br)cnn23)cc1. The third-order valence-electron chi connectivity index (χ3n) is 5.26. The van der Waals surface area contributed by atoms with Gasteiger partial charge in [0, 0.05) is 29.7 Å². The van der Waals surface area contributed by atoms with Crippen LogP contribution in [0.4, 0.5) is 5.82 Å². The van der Waals surface area contributed by atoms with E-state index in [0.717, 1.165) is 40.0 Å². The van der Waals surface area contributed by atoms with Gasteiger partial charge in [0.25, 0.3) is 0 Å². The van der Waals surface area contributed by atoms with E-state index in [1.807, 2.05) is 42.5 Å². The van der Waals surface area contributed by atoms with Gasteiger partial charge in [-0.25, -0.2) is 4.98 Å². The van der Waals surface area contributed by atoms with E-state index in [2.05, 4.69) is 37.7 Å². The van der Waals surface area contributed by atoms with Crippen molar-refractivity contribution in [2.75, 3.05) is 18.4 Å². The summed E-state index contributed by atoms with van der Waals surface area (Å²) in [5, 5.41) is 20.3. The monoisotopic (exact) mass is 536 g/mol. The lowest BCUT2D eigenvalue weighted by atomic mass is 10.1. The Balaban J connectivity index is 1.30. The van der Waals surface area contributed by atoms with Crippen molar-refractivity contribution >= 4 is 44.9 Å². The molecule has 0 spiro atoms. The number of fused-ring (bicyclic) bond motifs is 1. The van der Waals surface area contributed by atoms with Gasteiger partial charge in [0.15, 0.2) is 5.65 Å². The lowest BCUT2D eigenvalue weighted by molar-refractivity contribution is -0.120. The highest BCUT2D eigenvalue weighted by Crippen LogP contribution is 2.30. The third-order valence-corrected chi connectivity index (χ3v) is 6.15. The van der Waals surface area contributed by atoms with Crippen molar-refractivity contribution < 1.29 is 4.79 Å². The summed E-state index contributed by atoms with van der Waals surface area (Å²) in [5.41, 5.74) is 3.80. The van der Waals surface area contributed by atoms with Crippen molar-refractivity contribution in [3.05, 3.63) is 81.4 Å². The molecule has 9 heteroatoms. The Kier molecular flexibility index (Phi) is 7.78. The molecule has 0 radical (unpaired) electrons. The summed E-state index contributed by atoms with van der Waals surface area (Å²) in [6, 6.07) is 18.7. The first-order valence-corrected chi connectivity index (χ1v) is 12.0. The van der Waals surface area contributed by atoms with Crippen LogP contribution in [-0.2, 0) is 11.2 Å². The highest BCUT2D eigenvalue weighted by molar-refractivity contribution is 9.10. The predicted molar refractivity (Wildman–Crippen MR) is 137 cm³/mol. The smallest absolute Gasteiger partial charge is 0.224 e. The van der Waals surface area contributed by atoms with E-state index in [9.17, 15) is 4.79 Å². The molecular formula is C25H22BrClN6O. The molecule has 2 aromatic carbocycles. The van der Waals surface area contributed by atoms with E-state index < -0.39 is 0 Å². The molecule has 0 unspecified atom stereocenters. The van der Waals surface area contributed by atoms with Crippen LogP contribution in [0.2, 0.25) is 5.02 Å². The minimum atomic E-state index is -0.0284. The van der Waals surface area contributed by atoms with E-state index in [1.54, 1.807) is 22.8 Å². The number of unbranched alkanes of at least 4 members (excludes halogenated alkanes) is 1. The molecule has 1 amide bonds. The van der Waals surface area contributed by atoms with Gasteiger partial charge in [-0.2, -0.15) is 14.9 Å². The first kappa shape index (κ1) is 23.7. The predicted octanol–water partition coefficient (Wildman–Crippen LogP) is 5.23. The van der Waals surface area contributed by atoms with Crippen LogP contribution in [0.25, 0.3) is 16.9 Å². The second-order valence-electron chi connectivity index (χ2n) is 7.70. The standard InChI is InChI=1S/C25H22BrClN6O/c26-20-16-31-33-23(14-22(32-25(20)33)19-5-1-2-6-21(19)27)29-11-3-4-12-30-24(34)13-17-7-9-18(15-28)10-8-17/h1-2,5-10,14,16,29H,3-4,11-13H2,(H,30,34). The summed E-state index contributed by atoms with van der Waals surface area (Å²) < 4.78 is 2.55. The number of anilines is 1. The molecule has 0 bridgehead atoms. The minimum absolute atomic E-state index is 0.0284. The summed E-state index contributed by atoms with van der Waals surface area (Å²) >= 11 is 9.90. The number of carbonyl (C=O) groups is 1. The number of benzene rings is 2. The normalized spacial score (nSPS) is 10.7. The maximum Gasteiger partial charge on any atom is 0.224 e. The van der Waals surface area contributed by atoms with Crippen LogP contribution in [0.15, 0.2) is 65.3 Å². The Bertz CT molecular complexity index is 1350. The summed E-state index contributed by atoms with van der Waals surface area (Å²) in [4.78, 5) is 16.9. The molecule has 7 nitrogen and oxygen atoms in total. The van der Waals surface area contributed by atoms with E-state index in [1.165, 1.54) is 0 Å². The molecule has 2 N–H and O–H groups in total. The molecule has 0 saturated heterocycles. The molecule has 0 saturated carbocycles. The zero-order valence-corrected chi connectivity index (χ0v) is 20.6. The fourth-order valence-electron chi connectivity index (χ4n) is 3.51. The van der Waals surface area contributed by atoms with Crippen LogP contribution >= 0.6 is 27.5 Å². The Morgan fingerprint density at radius 3 is 2.65 bits per heavy atom. The molecule has 0 aliphatic carbocycles. The maximum absolute atomic E-state index is 12.1. The first-order valence-electron chi connectivity index (χ1n) is 10.8. The number of hydrogen-bond donors (Lipinski definition) is 2. The van der Waals surface area contributed by atoms with Gasteiger partial charge in [-0.3, -0.25) is 4.79 Å². The quantitative estimate of drug-likeness (QED) is 0.285. The molecule has 172 valence electrons. The molecule has 0 fully saturated rings. The Morgan fingerprint density at radius 1 is 1.12 bits per heavy atom. The van der Waals surface area contributed by atoms with Gasteiger partial charge in [-0.15, -0.1) is 0 Å². The van der Waals surface area contributed by atoms with Crippen LogP contribution in [0.1, 0.15) is 24.0 Å². The van der Waals surface area contributed by atoms with E-state index in [4.69, 9.17) is 21.8 Å². The van der Waals surface area contributed by atoms with Gasteiger partial charge in [-0.05, 0) is 52.5 Å². The molecule has 0 aliphatic heterocycles. The number of halogens is 2. The molecule has 2 aromatic heterocycles. The number of aromatic nitrogens is 3. The highest BCUT2D eigenvalue weighted by atomic mass is 79.9. The zero-order valence-electron chi connectivity index (χ0n) is 18.3. The Labute approximate surface area is 210 Å². The molecule has 4 rings (SSSR count). The first-order chi connectivity index (χ1) is 16.5. The van der Waals surface area contributed by atoms with Gasteiger partial charge in [-0.1, -0.05) is 41.9 Å². The van der Waals surface area contributed by atoms with E-state index >= 15 is 0 Å². The maximum atomic E-state index is 12.1. The van der Waals surface area contributed by atoms with Crippen molar-refractivity contribution in [3.8, 4) is 17.3 Å². The number of carbonyl (C=O) groups excluding carboxylic acids is 1. The van der Waals surface area contributed by atoms with Crippen LogP contribution in [0.3, 0.4) is 0 Å². The second-order valence-corrected chi connectivity index (χ2v) is 8.97. The Morgan fingerprint density at radius 2 is 1.88 bits per heavy atom. The van der Waals surface area contributed by atoms with Gasteiger partial charge in [0.1, 0.15) is 5.82 Å². The van der Waals surface area contributed by atoms with Crippen molar-refractivity contribution in [2.24, 2.45) is 0 Å². The number of nitrogens with one attached hydrogen (secondary N) is 2. The summed E-state index contributed by atoms with van der Waals surface area (Å²) in [6.45, 7) is 1.31. The van der Waals surface area contributed by atoms with E-state index in [0.29, 0.717) is 35.7 Å². The fraction of sp³-hybridized carbons (Fsp3) is 0.200. The van der Waals surface area contributed by atoms with E-state index in [-0.39, 0.29) is 5.91 Å². The zero-order chi connectivity index (χ0) is 23.9.